The Bertz CT molecular complexity index is 425. The highest BCUT2D eigenvalue weighted by Gasteiger charge is 2.16. The van der Waals surface area contributed by atoms with E-state index >= 15 is 0 Å². The van der Waals surface area contributed by atoms with Gasteiger partial charge in [-0.25, -0.2) is 0 Å². The van der Waals surface area contributed by atoms with Gasteiger partial charge >= 0.3 is 0 Å². The number of benzene rings is 1. The second-order valence-electron chi connectivity index (χ2n) is 5.60. The summed E-state index contributed by atoms with van der Waals surface area (Å²) in [7, 11) is 0. The molecule has 4 nitrogen and oxygen atoms in total. The predicted octanol–water partition coefficient (Wildman–Crippen LogP) is 3.08. The Hall–Kier alpha value is -1.39. The fraction of sp³-hybridized carbons (Fsp3) is 0.588. The van der Waals surface area contributed by atoms with Crippen molar-refractivity contribution in [1.29, 1.82) is 0 Å². The largest absolute Gasteiger partial charge is 0.378 e. The lowest BCUT2D eigenvalue weighted by Crippen LogP contribution is -2.15. The van der Waals surface area contributed by atoms with E-state index in [1.807, 2.05) is 12.1 Å². The Morgan fingerprint density at radius 3 is 2.81 bits per heavy atom. The molecule has 0 spiro atoms. The summed E-state index contributed by atoms with van der Waals surface area (Å²) in [6.07, 6.45) is 4.99. The van der Waals surface area contributed by atoms with Gasteiger partial charge in [-0.05, 0) is 49.9 Å². The zero-order chi connectivity index (χ0) is 14.9. The number of anilines is 1. The van der Waals surface area contributed by atoms with Crippen LogP contribution in [0.3, 0.4) is 0 Å². The van der Waals surface area contributed by atoms with E-state index in [2.05, 4.69) is 29.7 Å². The van der Waals surface area contributed by atoms with E-state index < -0.39 is 0 Å². The minimum Gasteiger partial charge on any atom is -0.378 e. The lowest BCUT2D eigenvalue weighted by Gasteiger charge is -2.10. The van der Waals surface area contributed by atoms with E-state index in [-0.39, 0.29) is 12.0 Å². The van der Waals surface area contributed by atoms with Crippen molar-refractivity contribution in [3.63, 3.8) is 0 Å². The van der Waals surface area contributed by atoms with Gasteiger partial charge in [0.05, 0.1) is 6.10 Å². The standard InChI is InChI=1S/C17H26N2O2/c1-2-11-18-13-14-5-7-15(8-6-14)19-17(20)10-9-16-4-3-12-21-16/h5-8,16,18H,2-4,9-13H2,1H3,(H,19,20). The minimum atomic E-state index is 0.0716. The van der Waals surface area contributed by atoms with Crippen LogP contribution in [-0.2, 0) is 16.1 Å². The number of carbonyl (C=O) groups is 1. The zero-order valence-electron chi connectivity index (χ0n) is 12.9. The molecule has 21 heavy (non-hydrogen) atoms. The highest BCUT2D eigenvalue weighted by atomic mass is 16.5. The maximum atomic E-state index is 11.9. The molecule has 0 bridgehead atoms. The topological polar surface area (TPSA) is 50.4 Å². The summed E-state index contributed by atoms with van der Waals surface area (Å²) < 4.78 is 5.53. The van der Waals surface area contributed by atoms with Gasteiger partial charge < -0.3 is 15.4 Å². The van der Waals surface area contributed by atoms with Crippen LogP contribution in [0.2, 0.25) is 0 Å². The van der Waals surface area contributed by atoms with E-state index in [4.69, 9.17) is 4.74 Å². The summed E-state index contributed by atoms with van der Waals surface area (Å²) in [6, 6.07) is 8.04. The smallest absolute Gasteiger partial charge is 0.224 e. The molecular formula is C17H26N2O2. The number of carbonyl (C=O) groups excluding carboxylic acids is 1. The fourth-order valence-electron chi connectivity index (χ4n) is 2.50. The molecule has 1 heterocycles. The Morgan fingerprint density at radius 2 is 2.14 bits per heavy atom. The molecule has 1 atom stereocenters. The van der Waals surface area contributed by atoms with E-state index in [9.17, 15) is 4.79 Å². The van der Waals surface area contributed by atoms with Crippen molar-refractivity contribution in [3.05, 3.63) is 29.8 Å². The fourth-order valence-corrected chi connectivity index (χ4v) is 2.50. The highest BCUT2D eigenvalue weighted by Crippen LogP contribution is 2.17. The van der Waals surface area contributed by atoms with Gasteiger partial charge in [-0.3, -0.25) is 4.79 Å². The molecule has 1 aromatic rings. The Labute approximate surface area is 127 Å². The molecule has 116 valence electrons. The summed E-state index contributed by atoms with van der Waals surface area (Å²) in [4.78, 5) is 11.9. The van der Waals surface area contributed by atoms with E-state index in [0.717, 1.165) is 51.1 Å². The first-order valence-electron chi connectivity index (χ1n) is 7.99. The van der Waals surface area contributed by atoms with Crippen LogP contribution in [-0.4, -0.2) is 25.2 Å². The van der Waals surface area contributed by atoms with Crippen LogP contribution in [0, 0.1) is 0 Å². The number of hydrogen-bond donors (Lipinski definition) is 2. The molecule has 1 amide bonds. The normalized spacial score (nSPS) is 17.9. The summed E-state index contributed by atoms with van der Waals surface area (Å²) in [5, 5.41) is 6.31. The molecule has 4 heteroatoms. The number of rotatable bonds is 8. The van der Waals surface area contributed by atoms with Crippen LogP contribution in [0.1, 0.15) is 44.6 Å². The number of hydrogen-bond acceptors (Lipinski definition) is 3. The van der Waals surface area contributed by atoms with Crippen molar-refractivity contribution in [1.82, 2.24) is 5.32 Å². The van der Waals surface area contributed by atoms with Gasteiger partial charge in [0.15, 0.2) is 0 Å². The van der Waals surface area contributed by atoms with Crippen LogP contribution in [0.4, 0.5) is 5.69 Å². The molecule has 2 rings (SSSR count). The van der Waals surface area contributed by atoms with Gasteiger partial charge in [0, 0.05) is 25.3 Å². The van der Waals surface area contributed by atoms with Crippen molar-refractivity contribution in [2.75, 3.05) is 18.5 Å². The molecule has 0 aromatic heterocycles. The van der Waals surface area contributed by atoms with Crippen molar-refractivity contribution in [2.45, 2.75) is 51.7 Å². The van der Waals surface area contributed by atoms with Crippen LogP contribution in [0.15, 0.2) is 24.3 Å². The summed E-state index contributed by atoms with van der Waals surface area (Å²) in [5.41, 5.74) is 2.10. The average molecular weight is 290 g/mol. The SMILES string of the molecule is CCCNCc1ccc(NC(=O)CCC2CCCO2)cc1. The molecular weight excluding hydrogens is 264 g/mol. The summed E-state index contributed by atoms with van der Waals surface area (Å²) in [6.45, 7) is 4.91. The molecule has 1 saturated heterocycles. The highest BCUT2D eigenvalue weighted by molar-refractivity contribution is 5.90. The first-order chi connectivity index (χ1) is 10.3. The monoisotopic (exact) mass is 290 g/mol. The molecule has 1 aromatic carbocycles. The van der Waals surface area contributed by atoms with Crippen molar-refractivity contribution >= 4 is 11.6 Å². The average Bonchev–Trinajstić information content (AvgIpc) is 3.01. The van der Waals surface area contributed by atoms with E-state index in [1.165, 1.54) is 5.56 Å². The van der Waals surface area contributed by atoms with Crippen LogP contribution in [0.25, 0.3) is 0 Å². The van der Waals surface area contributed by atoms with Crippen LogP contribution < -0.4 is 10.6 Å². The van der Waals surface area contributed by atoms with Gasteiger partial charge in [-0.2, -0.15) is 0 Å². The Kier molecular flexibility index (Phi) is 6.70. The Balaban J connectivity index is 1.70. The van der Waals surface area contributed by atoms with E-state index in [0.29, 0.717) is 6.42 Å². The molecule has 1 aliphatic heterocycles. The second kappa shape index (κ2) is 8.80. The number of nitrogens with one attached hydrogen (secondary N) is 2. The Morgan fingerprint density at radius 1 is 1.33 bits per heavy atom. The molecule has 1 unspecified atom stereocenters. The van der Waals surface area contributed by atoms with Gasteiger partial charge in [0.1, 0.15) is 0 Å². The van der Waals surface area contributed by atoms with Crippen molar-refractivity contribution in [2.24, 2.45) is 0 Å². The summed E-state index contributed by atoms with van der Waals surface area (Å²) in [5.74, 6) is 0.0716. The zero-order valence-corrected chi connectivity index (χ0v) is 12.9. The number of ether oxygens (including phenoxy) is 1. The van der Waals surface area contributed by atoms with Crippen LogP contribution in [0.5, 0.6) is 0 Å². The molecule has 0 radical (unpaired) electrons. The van der Waals surface area contributed by atoms with Gasteiger partial charge in [-0.15, -0.1) is 0 Å². The van der Waals surface area contributed by atoms with Crippen molar-refractivity contribution < 1.29 is 9.53 Å². The summed E-state index contributed by atoms with van der Waals surface area (Å²) >= 11 is 0. The molecule has 2 N–H and O–H groups in total. The van der Waals surface area contributed by atoms with Gasteiger partial charge in [0.2, 0.25) is 5.91 Å². The predicted molar refractivity (Wildman–Crippen MR) is 85.3 cm³/mol. The first-order valence-corrected chi connectivity index (χ1v) is 7.99. The third kappa shape index (κ3) is 5.86. The van der Waals surface area contributed by atoms with E-state index in [1.54, 1.807) is 0 Å². The first kappa shape index (κ1) is 16.0. The third-order valence-electron chi connectivity index (χ3n) is 3.71. The van der Waals surface area contributed by atoms with Gasteiger partial charge in [0.25, 0.3) is 0 Å². The lowest BCUT2D eigenvalue weighted by atomic mass is 10.1. The number of amides is 1. The quantitative estimate of drug-likeness (QED) is 0.723. The lowest BCUT2D eigenvalue weighted by molar-refractivity contribution is -0.116. The third-order valence-corrected chi connectivity index (χ3v) is 3.71. The molecule has 1 fully saturated rings. The maximum absolute atomic E-state index is 11.9. The second-order valence-corrected chi connectivity index (χ2v) is 5.60. The molecule has 1 aliphatic rings. The molecule has 0 saturated carbocycles. The van der Waals surface area contributed by atoms with Crippen molar-refractivity contribution in [3.8, 4) is 0 Å². The minimum absolute atomic E-state index is 0.0716. The molecule has 0 aliphatic carbocycles. The maximum Gasteiger partial charge on any atom is 0.224 e. The van der Waals surface area contributed by atoms with Crippen LogP contribution >= 0.6 is 0 Å². The van der Waals surface area contributed by atoms with Gasteiger partial charge in [-0.1, -0.05) is 19.1 Å².